The summed E-state index contributed by atoms with van der Waals surface area (Å²) in [5.74, 6) is 2.00. The van der Waals surface area contributed by atoms with Gasteiger partial charge in [0.2, 0.25) is 16.0 Å². The third kappa shape index (κ3) is 5.80. The molecule has 0 radical (unpaired) electrons. The van der Waals surface area contributed by atoms with Crippen molar-refractivity contribution in [1.29, 1.82) is 0 Å². The van der Waals surface area contributed by atoms with Gasteiger partial charge in [-0.3, -0.25) is 0 Å². The highest BCUT2D eigenvalue weighted by Gasteiger charge is 2.16. The van der Waals surface area contributed by atoms with E-state index < -0.39 is 10.0 Å². The first-order chi connectivity index (χ1) is 17.0. The Morgan fingerprint density at radius 1 is 0.829 bits per heavy atom. The zero-order valence-electron chi connectivity index (χ0n) is 20.0. The van der Waals surface area contributed by atoms with Crippen LogP contribution in [0.2, 0.25) is 0 Å². The average molecular weight is 494 g/mol. The minimum Gasteiger partial charge on any atom is -0.494 e. The minimum atomic E-state index is -3.55. The van der Waals surface area contributed by atoms with Crippen LogP contribution in [-0.4, -0.2) is 45.6 Å². The molecule has 0 atom stereocenters. The highest BCUT2D eigenvalue weighted by Crippen LogP contribution is 2.29. The highest BCUT2D eigenvalue weighted by molar-refractivity contribution is 7.89. The Morgan fingerprint density at radius 3 is 2.34 bits per heavy atom. The van der Waals surface area contributed by atoms with Gasteiger partial charge in [-0.1, -0.05) is 55.3 Å². The Bertz CT molecular complexity index is 1400. The molecule has 4 rings (SSSR count). The first-order valence-corrected chi connectivity index (χ1v) is 13.3. The molecular formula is C26H31N5O3S. The lowest BCUT2D eigenvalue weighted by Gasteiger charge is -2.12. The van der Waals surface area contributed by atoms with Crippen LogP contribution in [0, 0.1) is 0 Å². The number of hydrogen-bond acceptors (Lipinski definition) is 7. The number of methoxy groups -OCH3 is 1. The van der Waals surface area contributed by atoms with Crippen LogP contribution in [0.4, 0.5) is 11.8 Å². The SMILES string of the molecule is CNc1nc(NCCCCCCNS(=O)(=O)c2cccc3ccccc23)nc2c(OC)cccc12. The normalized spacial score (nSPS) is 11.6. The van der Waals surface area contributed by atoms with Crippen molar-refractivity contribution in [2.75, 3.05) is 37.9 Å². The molecule has 35 heavy (non-hydrogen) atoms. The molecular weight excluding hydrogens is 462 g/mol. The number of fused-ring (bicyclic) bond motifs is 2. The lowest BCUT2D eigenvalue weighted by molar-refractivity contribution is 0.419. The number of ether oxygens (including phenoxy) is 1. The molecule has 4 aromatic rings. The molecule has 0 aliphatic carbocycles. The van der Waals surface area contributed by atoms with Crippen LogP contribution >= 0.6 is 0 Å². The van der Waals surface area contributed by atoms with Crippen LogP contribution in [0.5, 0.6) is 5.75 Å². The number of unbranched alkanes of at least 4 members (excludes halogenated alkanes) is 3. The van der Waals surface area contributed by atoms with Gasteiger partial charge in [0.1, 0.15) is 17.1 Å². The fourth-order valence-corrected chi connectivity index (χ4v) is 5.38. The number of para-hydroxylation sites is 1. The summed E-state index contributed by atoms with van der Waals surface area (Å²) in [5, 5.41) is 8.97. The van der Waals surface area contributed by atoms with Crippen LogP contribution in [0.25, 0.3) is 21.7 Å². The van der Waals surface area contributed by atoms with E-state index in [-0.39, 0.29) is 0 Å². The maximum absolute atomic E-state index is 12.8. The number of aromatic nitrogens is 2. The molecule has 8 nitrogen and oxygen atoms in total. The average Bonchev–Trinajstić information content (AvgIpc) is 2.88. The van der Waals surface area contributed by atoms with E-state index in [1.165, 1.54) is 0 Å². The van der Waals surface area contributed by atoms with Gasteiger partial charge < -0.3 is 15.4 Å². The van der Waals surface area contributed by atoms with Gasteiger partial charge >= 0.3 is 0 Å². The maximum Gasteiger partial charge on any atom is 0.241 e. The standard InChI is InChI=1S/C26H31N5O3S/c1-27-25-21-14-10-15-22(34-2)24(21)30-26(31-25)28-17-7-3-4-8-18-29-35(32,33)23-16-9-12-19-11-5-6-13-20(19)23/h5-6,9-16,29H,3-4,7-8,17-18H2,1-2H3,(H2,27,28,30,31). The minimum absolute atomic E-state index is 0.327. The molecule has 1 heterocycles. The predicted molar refractivity (Wildman–Crippen MR) is 142 cm³/mol. The largest absolute Gasteiger partial charge is 0.494 e. The Hall–Kier alpha value is -3.43. The van der Waals surface area contributed by atoms with Crippen LogP contribution < -0.4 is 20.1 Å². The number of nitrogens with one attached hydrogen (secondary N) is 3. The second-order valence-corrected chi connectivity index (χ2v) is 9.95. The lowest BCUT2D eigenvalue weighted by atomic mass is 10.1. The summed E-state index contributed by atoms with van der Waals surface area (Å²) in [6, 6.07) is 18.6. The summed E-state index contributed by atoms with van der Waals surface area (Å²) in [6.45, 7) is 1.14. The van der Waals surface area contributed by atoms with Crippen molar-refractivity contribution in [3.63, 3.8) is 0 Å². The molecule has 0 unspecified atom stereocenters. The lowest BCUT2D eigenvalue weighted by Crippen LogP contribution is -2.25. The van der Waals surface area contributed by atoms with Gasteiger partial charge in [0.15, 0.2) is 0 Å². The quantitative estimate of drug-likeness (QED) is 0.244. The Kier molecular flexibility index (Phi) is 7.99. The summed E-state index contributed by atoms with van der Waals surface area (Å²) in [4.78, 5) is 9.50. The van der Waals surface area contributed by atoms with Crippen molar-refractivity contribution in [3.8, 4) is 5.75 Å². The van der Waals surface area contributed by atoms with Crippen molar-refractivity contribution in [2.45, 2.75) is 30.6 Å². The molecule has 9 heteroatoms. The van der Waals surface area contributed by atoms with Gasteiger partial charge in [-0.15, -0.1) is 0 Å². The summed E-state index contributed by atoms with van der Waals surface area (Å²) >= 11 is 0. The smallest absolute Gasteiger partial charge is 0.241 e. The summed E-state index contributed by atoms with van der Waals surface area (Å²) < 4.78 is 33.7. The van der Waals surface area contributed by atoms with E-state index >= 15 is 0 Å². The Balaban J connectivity index is 1.23. The zero-order valence-corrected chi connectivity index (χ0v) is 20.9. The van der Waals surface area contributed by atoms with Crippen molar-refractivity contribution >= 4 is 43.5 Å². The van der Waals surface area contributed by atoms with E-state index in [9.17, 15) is 8.42 Å². The van der Waals surface area contributed by atoms with Crippen LogP contribution in [0.15, 0.2) is 65.6 Å². The van der Waals surface area contributed by atoms with Crippen LogP contribution in [-0.2, 0) is 10.0 Å². The number of rotatable bonds is 12. The van der Waals surface area contributed by atoms with E-state index in [1.807, 2.05) is 55.6 Å². The third-order valence-electron chi connectivity index (χ3n) is 5.86. The second kappa shape index (κ2) is 11.3. The molecule has 0 saturated heterocycles. The van der Waals surface area contributed by atoms with Gasteiger partial charge in [0.25, 0.3) is 0 Å². The van der Waals surface area contributed by atoms with E-state index in [4.69, 9.17) is 4.74 Å². The predicted octanol–water partition coefficient (Wildman–Crippen LogP) is 4.78. The Labute approximate surface area is 206 Å². The molecule has 0 fully saturated rings. The van der Waals surface area contributed by atoms with Gasteiger partial charge in [-0.25, -0.2) is 18.1 Å². The number of hydrogen-bond donors (Lipinski definition) is 3. The molecule has 3 N–H and O–H groups in total. The van der Waals surface area contributed by atoms with Gasteiger partial charge in [-0.2, -0.15) is 4.98 Å². The Morgan fingerprint density at radius 2 is 1.54 bits per heavy atom. The molecule has 0 bridgehead atoms. The van der Waals surface area contributed by atoms with E-state index in [0.29, 0.717) is 23.1 Å². The monoisotopic (exact) mass is 493 g/mol. The first-order valence-electron chi connectivity index (χ1n) is 11.8. The van der Waals surface area contributed by atoms with Crippen LogP contribution in [0.3, 0.4) is 0 Å². The molecule has 184 valence electrons. The summed E-state index contributed by atoms with van der Waals surface area (Å²) in [7, 11) is -0.0828. The van der Waals surface area contributed by atoms with E-state index in [2.05, 4.69) is 25.3 Å². The highest BCUT2D eigenvalue weighted by atomic mass is 32.2. The third-order valence-corrected chi connectivity index (χ3v) is 7.38. The van der Waals surface area contributed by atoms with Crippen LogP contribution in [0.1, 0.15) is 25.7 Å². The molecule has 3 aromatic carbocycles. The molecule has 1 aromatic heterocycles. The van der Waals surface area contributed by atoms with Crippen molar-refractivity contribution < 1.29 is 13.2 Å². The number of sulfonamides is 1. The van der Waals surface area contributed by atoms with Gasteiger partial charge in [0.05, 0.1) is 12.0 Å². The number of anilines is 2. The van der Waals surface area contributed by atoms with Crippen molar-refractivity contribution in [3.05, 3.63) is 60.7 Å². The van der Waals surface area contributed by atoms with Crippen molar-refractivity contribution in [2.24, 2.45) is 0 Å². The molecule has 0 aliphatic heterocycles. The second-order valence-electron chi connectivity index (χ2n) is 8.22. The maximum atomic E-state index is 12.8. The van der Waals surface area contributed by atoms with Gasteiger partial charge in [-0.05, 0) is 36.4 Å². The summed E-state index contributed by atoms with van der Waals surface area (Å²) in [5.41, 5.74) is 0.760. The summed E-state index contributed by atoms with van der Waals surface area (Å²) in [6.07, 6.45) is 3.60. The fourth-order valence-electron chi connectivity index (χ4n) is 4.08. The van der Waals surface area contributed by atoms with E-state index in [1.54, 1.807) is 19.2 Å². The number of nitrogens with zero attached hydrogens (tertiary/aromatic N) is 2. The number of benzene rings is 3. The topological polar surface area (TPSA) is 105 Å². The van der Waals surface area contributed by atoms with Gasteiger partial charge in [0, 0.05) is 30.9 Å². The van der Waals surface area contributed by atoms with E-state index in [0.717, 1.165) is 59.7 Å². The molecule has 0 saturated carbocycles. The molecule has 0 spiro atoms. The first kappa shape index (κ1) is 24.7. The molecule has 0 amide bonds. The van der Waals surface area contributed by atoms with Crippen molar-refractivity contribution in [1.82, 2.24) is 14.7 Å². The fraction of sp³-hybridized carbons (Fsp3) is 0.308. The zero-order chi connectivity index (χ0) is 24.7. The molecule has 0 aliphatic rings.